The Labute approximate surface area is 148 Å². The number of hydrogen-bond donors (Lipinski definition) is 0. The molecule has 0 unspecified atom stereocenters. The summed E-state index contributed by atoms with van der Waals surface area (Å²) in [6.07, 6.45) is 4.60. The Bertz CT molecular complexity index is 704. The van der Waals surface area contributed by atoms with Gasteiger partial charge in [-0.2, -0.15) is 5.10 Å². The van der Waals surface area contributed by atoms with E-state index in [1.807, 2.05) is 54.0 Å². The molecule has 1 fully saturated rings. The maximum Gasteiger partial charge on any atom is 0.225 e. The smallest absolute Gasteiger partial charge is 0.225 e. The van der Waals surface area contributed by atoms with Crippen LogP contribution in [0.15, 0.2) is 36.5 Å². The molecule has 1 aromatic heterocycles. The van der Waals surface area contributed by atoms with Crippen LogP contribution in [0, 0.1) is 5.92 Å². The molecule has 24 heavy (non-hydrogen) atoms. The summed E-state index contributed by atoms with van der Waals surface area (Å²) >= 11 is 6.03. The molecule has 128 valence electrons. The summed E-state index contributed by atoms with van der Waals surface area (Å²) in [5, 5.41) is 4.98. The maximum absolute atomic E-state index is 12.7. The van der Waals surface area contributed by atoms with E-state index < -0.39 is 0 Å². The molecule has 0 N–H and O–H groups in total. The fourth-order valence-corrected chi connectivity index (χ4v) is 3.81. The van der Waals surface area contributed by atoms with Crippen molar-refractivity contribution >= 4 is 17.5 Å². The van der Waals surface area contributed by atoms with Gasteiger partial charge >= 0.3 is 0 Å². The second-order valence-corrected chi connectivity index (χ2v) is 7.15. The molecule has 1 saturated heterocycles. The first-order valence-electron chi connectivity index (χ1n) is 8.55. The third-order valence-corrected chi connectivity index (χ3v) is 5.17. The quantitative estimate of drug-likeness (QED) is 0.848. The first-order chi connectivity index (χ1) is 11.5. The van der Waals surface area contributed by atoms with Crippen LogP contribution in [0.5, 0.6) is 0 Å². The maximum atomic E-state index is 12.7. The normalized spacial score (nSPS) is 17.0. The Morgan fingerprint density at radius 2 is 2.08 bits per heavy atom. The Hall–Kier alpha value is -1.81. The van der Waals surface area contributed by atoms with E-state index in [0.29, 0.717) is 5.92 Å². The number of amides is 1. The number of likely N-dealkylation sites (tertiary alicyclic amines) is 1. The van der Waals surface area contributed by atoms with Gasteiger partial charge < -0.3 is 4.90 Å². The highest BCUT2D eigenvalue weighted by Gasteiger charge is 2.27. The predicted octanol–water partition coefficient (Wildman–Crippen LogP) is 3.66. The summed E-state index contributed by atoms with van der Waals surface area (Å²) < 4.78 is 1.95. The van der Waals surface area contributed by atoms with E-state index in [2.05, 4.69) is 11.2 Å². The zero-order chi connectivity index (χ0) is 17.1. The van der Waals surface area contributed by atoms with E-state index in [0.717, 1.165) is 42.9 Å². The predicted molar refractivity (Wildman–Crippen MR) is 96.1 cm³/mol. The molecule has 4 nitrogen and oxygen atoms in total. The lowest BCUT2D eigenvalue weighted by molar-refractivity contribution is -0.136. The lowest BCUT2D eigenvalue weighted by Crippen LogP contribution is -2.41. The number of aromatic nitrogens is 2. The van der Waals surface area contributed by atoms with Gasteiger partial charge in [-0.1, -0.05) is 30.7 Å². The van der Waals surface area contributed by atoms with Gasteiger partial charge in [0.2, 0.25) is 5.91 Å². The van der Waals surface area contributed by atoms with E-state index in [4.69, 9.17) is 11.6 Å². The Balaban J connectivity index is 1.55. The minimum Gasteiger partial charge on any atom is -0.342 e. The van der Waals surface area contributed by atoms with Crippen LogP contribution in [-0.4, -0.2) is 33.7 Å². The van der Waals surface area contributed by atoms with Crippen molar-refractivity contribution in [2.75, 3.05) is 13.1 Å². The number of aryl methyl sites for hydroxylation is 1. The number of hydrogen-bond acceptors (Lipinski definition) is 2. The molecule has 0 aliphatic carbocycles. The molecule has 1 aliphatic rings. The molecule has 0 radical (unpaired) electrons. The number of halogens is 1. The van der Waals surface area contributed by atoms with Crippen molar-refractivity contribution in [1.29, 1.82) is 0 Å². The van der Waals surface area contributed by atoms with E-state index in [1.54, 1.807) is 0 Å². The van der Waals surface area contributed by atoms with Crippen molar-refractivity contribution < 1.29 is 4.79 Å². The highest BCUT2D eigenvalue weighted by Crippen LogP contribution is 2.28. The third kappa shape index (κ3) is 3.81. The summed E-state index contributed by atoms with van der Waals surface area (Å²) in [5.41, 5.74) is 2.39. The number of rotatable bonds is 4. The summed E-state index contributed by atoms with van der Waals surface area (Å²) in [6.45, 7) is 3.67. The monoisotopic (exact) mass is 345 g/mol. The summed E-state index contributed by atoms with van der Waals surface area (Å²) in [5.74, 6) is 0.736. The van der Waals surface area contributed by atoms with Crippen LogP contribution in [0.2, 0.25) is 5.02 Å². The number of carbonyl (C=O) groups is 1. The number of piperidine rings is 1. The molecule has 5 heteroatoms. The first kappa shape index (κ1) is 17.0. The second kappa shape index (κ2) is 7.39. The molecule has 3 rings (SSSR count). The van der Waals surface area contributed by atoms with Gasteiger partial charge in [-0.3, -0.25) is 9.48 Å². The van der Waals surface area contributed by atoms with E-state index in [-0.39, 0.29) is 11.8 Å². The molecule has 1 atom stereocenters. The average Bonchev–Trinajstić information content (AvgIpc) is 3.00. The molecule has 2 heterocycles. The summed E-state index contributed by atoms with van der Waals surface area (Å²) in [6, 6.07) is 9.86. The Morgan fingerprint density at radius 3 is 2.71 bits per heavy atom. The lowest BCUT2D eigenvalue weighted by Gasteiger charge is -2.33. The Morgan fingerprint density at radius 1 is 1.33 bits per heavy atom. The highest BCUT2D eigenvalue weighted by atomic mass is 35.5. The van der Waals surface area contributed by atoms with Crippen molar-refractivity contribution in [2.24, 2.45) is 13.0 Å². The molecule has 0 bridgehead atoms. The average molecular weight is 346 g/mol. The molecule has 0 saturated carbocycles. The van der Waals surface area contributed by atoms with Crippen LogP contribution in [0.4, 0.5) is 0 Å². The van der Waals surface area contributed by atoms with Crippen molar-refractivity contribution in [1.82, 2.24) is 14.7 Å². The van der Waals surface area contributed by atoms with Gasteiger partial charge in [-0.15, -0.1) is 0 Å². The van der Waals surface area contributed by atoms with Crippen LogP contribution in [-0.2, 0) is 18.3 Å². The van der Waals surface area contributed by atoms with Crippen molar-refractivity contribution in [2.45, 2.75) is 32.1 Å². The van der Waals surface area contributed by atoms with Gasteiger partial charge in [0, 0.05) is 48.9 Å². The zero-order valence-corrected chi connectivity index (χ0v) is 15.0. The summed E-state index contributed by atoms with van der Waals surface area (Å²) in [4.78, 5) is 14.7. The minimum atomic E-state index is -0.0169. The first-order valence-corrected chi connectivity index (χ1v) is 8.93. The van der Waals surface area contributed by atoms with Crippen LogP contribution in [0.1, 0.15) is 36.9 Å². The topological polar surface area (TPSA) is 38.1 Å². The highest BCUT2D eigenvalue weighted by molar-refractivity contribution is 6.30. The molecule has 1 amide bonds. The van der Waals surface area contributed by atoms with Gasteiger partial charge in [0.05, 0.1) is 0 Å². The molecule has 0 spiro atoms. The number of benzene rings is 1. The SMILES string of the molecule is C[C@H](Cc1cccc(Cl)c1)C(=O)N1CCC(c2ccnn2C)CC1. The Kier molecular flexibility index (Phi) is 5.24. The van der Waals surface area contributed by atoms with Crippen LogP contribution in [0.25, 0.3) is 0 Å². The molecule has 1 aromatic carbocycles. The fourth-order valence-electron chi connectivity index (χ4n) is 3.60. The zero-order valence-electron chi connectivity index (χ0n) is 14.3. The van der Waals surface area contributed by atoms with Gasteiger partial charge in [0.15, 0.2) is 0 Å². The molecule has 2 aromatic rings. The summed E-state index contributed by atoms with van der Waals surface area (Å²) in [7, 11) is 1.99. The van der Waals surface area contributed by atoms with E-state index >= 15 is 0 Å². The van der Waals surface area contributed by atoms with E-state index in [1.165, 1.54) is 5.69 Å². The van der Waals surface area contributed by atoms with Crippen molar-refractivity contribution in [3.05, 3.63) is 52.8 Å². The minimum absolute atomic E-state index is 0.0169. The molecular weight excluding hydrogens is 322 g/mol. The van der Waals surface area contributed by atoms with Gasteiger partial charge in [0.25, 0.3) is 0 Å². The fraction of sp³-hybridized carbons (Fsp3) is 0.474. The lowest BCUT2D eigenvalue weighted by atomic mass is 9.92. The number of nitrogens with zero attached hydrogens (tertiary/aromatic N) is 3. The second-order valence-electron chi connectivity index (χ2n) is 6.71. The van der Waals surface area contributed by atoms with Crippen LogP contribution >= 0.6 is 11.6 Å². The van der Waals surface area contributed by atoms with Crippen molar-refractivity contribution in [3.63, 3.8) is 0 Å². The standard InChI is InChI=1S/C19H24ClN3O/c1-14(12-15-4-3-5-17(20)13-15)19(24)23-10-7-16(8-11-23)18-6-9-21-22(18)2/h3-6,9,13-14,16H,7-8,10-12H2,1-2H3/t14-/m1/s1. The van der Waals surface area contributed by atoms with Crippen molar-refractivity contribution in [3.8, 4) is 0 Å². The molecular formula is C19H24ClN3O. The largest absolute Gasteiger partial charge is 0.342 e. The number of carbonyl (C=O) groups excluding carboxylic acids is 1. The van der Waals surface area contributed by atoms with Crippen LogP contribution < -0.4 is 0 Å². The molecule has 1 aliphatic heterocycles. The van der Waals surface area contributed by atoms with Gasteiger partial charge in [0.1, 0.15) is 0 Å². The van der Waals surface area contributed by atoms with Crippen LogP contribution in [0.3, 0.4) is 0 Å². The van der Waals surface area contributed by atoms with Gasteiger partial charge in [-0.05, 0) is 43.0 Å². The van der Waals surface area contributed by atoms with Gasteiger partial charge in [-0.25, -0.2) is 0 Å². The third-order valence-electron chi connectivity index (χ3n) is 4.94. The van der Waals surface area contributed by atoms with E-state index in [9.17, 15) is 4.79 Å².